The Kier molecular flexibility index (Phi) is 4.55. The average molecular weight is 315 g/mol. The fraction of sp³-hybridized carbons (Fsp3) is 0.462. The van der Waals surface area contributed by atoms with Crippen molar-refractivity contribution in [3.05, 3.63) is 38.9 Å². The summed E-state index contributed by atoms with van der Waals surface area (Å²) >= 11 is 7.83. The Morgan fingerprint density at radius 1 is 1.50 bits per heavy atom. The standard InChI is InChI=1S/C13H15ClN2O3S/c1-8-9(2)20-7-6-15(8)13(17)10-4-3-5-11(12(10)14)16(18)19/h3-5,8-9H,6-7H2,1-2H3. The largest absolute Gasteiger partial charge is 0.334 e. The number of hydrogen-bond acceptors (Lipinski definition) is 4. The fourth-order valence-electron chi connectivity index (χ4n) is 2.20. The molecule has 0 N–H and O–H groups in total. The van der Waals surface area contributed by atoms with Crippen molar-refractivity contribution in [3.63, 3.8) is 0 Å². The maximum Gasteiger partial charge on any atom is 0.288 e. The molecule has 5 nitrogen and oxygen atoms in total. The van der Waals surface area contributed by atoms with Crippen molar-refractivity contribution < 1.29 is 9.72 Å². The van der Waals surface area contributed by atoms with Crippen LogP contribution in [0, 0.1) is 10.1 Å². The van der Waals surface area contributed by atoms with Gasteiger partial charge in [-0.25, -0.2) is 0 Å². The van der Waals surface area contributed by atoms with Gasteiger partial charge < -0.3 is 4.90 Å². The minimum absolute atomic E-state index is 0.0802. The maximum atomic E-state index is 12.6. The molecule has 1 saturated heterocycles. The van der Waals surface area contributed by atoms with Crippen molar-refractivity contribution >= 4 is 35.0 Å². The molecular formula is C13H15ClN2O3S. The van der Waals surface area contributed by atoms with E-state index in [2.05, 4.69) is 6.92 Å². The lowest BCUT2D eigenvalue weighted by Crippen LogP contribution is -2.48. The van der Waals surface area contributed by atoms with Gasteiger partial charge in [-0.3, -0.25) is 14.9 Å². The normalized spacial score (nSPS) is 22.6. The Morgan fingerprint density at radius 2 is 2.20 bits per heavy atom. The van der Waals surface area contributed by atoms with E-state index in [1.54, 1.807) is 4.90 Å². The lowest BCUT2D eigenvalue weighted by molar-refractivity contribution is -0.384. The van der Waals surface area contributed by atoms with Crippen LogP contribution in [0.15, 0.2) is 18.2 Å². The number of rotatable bonds is 2. The monoisotopic (exact) mass is 314 g/mol. The second-order valence-corrected chi connectivity index (χ2v) is 6.57. The van der Waals surface area contributed by atoms with Gasteiger partial charge in [0.15, 0.2) is 0 Å². The highest BCUT2D eigenvalue weighted by Gasteiger charge is 2.31. The maximum absolute atomic E-state index is 12.6. The molecule has 0 saturated carbocycles. The number of benzene rings is 1. The number of carbonyl (C=O) groups is 1. The zero-order valence-corrected chi connectivity index (χ0v) is 12.8. The van der Waals surface area contributed by atoms with E-state index in [1.165, 1.54) is 18.2 Å². The lowest BCUT2D eigenvalue weighted by Gasteiger charge is -2.37. The van der Waals surface area contributed by atoms with Gasteiger partial charge in [-0.15, -0.1) is 0 Å². The number of nitro groups is 1. The van der Waals surface area contributed by atoms with E-state index in [9.17, 15) is 14.9 Å². The molecule has 0 aliphatic carbocycles. The summed E-state index contributed by atoms with van der Waals surface area (Å²) < 4.78 is 0. The molecule has 20 heavy (non-hydrogen) atoms. The Balaban J connectivity index is 2.34. The van der Waals surface area contributed by atoms with Gasteiger partial charge in [-0.05, 0) is 13.0 Å². The van der Waals surface area contributed by atoms with Gasteiger partial charge in [-0.1, -0.05) is 24.6 Å². The summed E-state index contributed by atoms with van der Waals surface area (Å²) in [5, 5.41) is 11.1. The lowest BCUT2D eigenvalue weighted by atomic mass is 10.1. The van der Waals surface area contributed by atoms with Crippen LogP contribution in [0.3, 0.4) is 0 Å². The van der Waals surface area contributed by atoms with Gasteiger partial charge in [0, 0.05) is 29.7 Å². The van der Waals surface area contributed by atoms with Crippen LogP contribution in [0.25, 0.3) is 0 Å². The van der Waals surface area contributed by atoms with Crippen molar-refractivity contribution in [2.24, 2.45) is 0 Å². The number of halogens is 1. The average Bonchev–Trinajstić information content (AvgIpc) is 2.41. The quantitative estimate of drug-likeness (QED) is 0.621. The van der Waals surface area contributed by atoms with Crippen LogP contribution in [0.5, 0.6) is 0 Å². The van der Waals surface area contributed by atoms with Crippen molar-refractivity contribution in [3.8, 4) is 0 Å². The number of hydrogen-bond donors (Lipinski definition) is 0. The number of nitrogens with zero attached hydrogens (tertiary/aromatic N) is 2. The highest BCUT2D eigenvalue weighted by Crippen LogP contribution is 2.31. The van der Waals surface area contributed by atoms with Crippen LogP contribution in [0.4, 0.5) is 5.69 Å². The molecule has 0 radical (unpaired) electrons. The molecule has 7 heteroatoms. The second kappa shape index (κ2) is 6.01. The summed E-state index contributed by atoms with van der Waals surface area (Å²) in [5.41, 5.74) is -0.0311. The summed E-state index contributed by atoms with van der Waals surface area (Å²) in [6, 6.07) is 4.41. The van der Waals surface area contributed by atoms with Gasteiger partial charge in [-0.2, -0.15) is 11.8 Å². The Hall–Kier alpha value is -1.27. The van der Waals surface area contributed by atoms with Gasteiger partial charge in [0.2, 0.25) is 0 Å². The smallest absolute Gasteiger partial charge is 0.288 e. The van der Waals surface area contributed by atoms with Crippen molar-refractivity contribution in [2.45, 2.75) is 25.1 Å². The minimum Gasteiger partial charge on any atom is -0.334 e. The number of thioether (sulfide) groups is 1. The zero-order chi connectivity index (χ0) is 14.9. The first-order chi connectivity index (χ1) is 9.43. The van der Waals surface area contributed by atoms with Crippen LogP contribution in [-0.2, 0) is 0 Å². The third-order valence-electron chi connectivity index (χ3n) is 3.55. The fourth-order valence-corrected chi connectivity index (χ4v) is 3.58. The van der Waals surface area contributed by atoms with Crippen LogP contribution in [0.1, 0.15) is 24.2 Å². The van der Waals surface area contributed by atoms with Crippen LogP contribution < -0.4 is 0 Å². The number of amides is 1. The summed E-state index contributed by atoms with van der Waals surface area (Å²) in [6.07, 6.45) is 0. The molecule has 1 fully saturated rings. The Labute approximate surface area is 126 Å². The van der Waals surface area contributed by atoms with Gasteiger partial charge in [0.05, 0.1) is 10.5 Å². The predicted molar refractivity (Wildman–Crippen MR) is 80.5 cm³/mol. The molecule has 2 atom stereocenters. The topological polar surface area (TPSA) is 63.5 Å². The summed E-state index contributed by atoms with van der Waals surface area (Å²) in [6.45, 7) is 4.69. The predicted octanol–water partition coefficient (Wildman–Crippen LogP) is 3.21. The molecule has 1 heterocycles. The van der Waals surface area contributed by atoms with Crippen LogP contribution >= 0.6 is 23.4 Å². The molecule has 2 rings (SSSR count). The molecule has 1 aliphatic rings. The SMILES string of the molecule is CC1SCCN(C(=O)c2cccc([N+](=O)[O-])c2Cl)C1C. The summed E-state index contributed by atoms with van der Waals surface area (Å²) in [7, 11) is 0. The second-order valence-electron chi connectivity index (χ2n) is 4.71. The van der Waals surface area contributed by atoms with Gasteiger partial charge >= 0.3 is 0 Å². The van der Waals surface area contributed by atoms with Crippen LogP contribution in [-0.4, -0.2) is 39.3 Å². The molecule has 1 aromatic rings. The van der Waals surface area contributed by atoms with E-state index in [4.69, 9.17) is 11.6 Å². The molecule has 1 aromatic carbocycles. The Bertz CT molecular complexity index is 552. The molecule has 1 aliphatic heterocycles. The first-order valence-corrected chi connectivity index (χ1v) is 7.71. The highest BCUT2D eigenvalue weighted by molar-refractivity contribution is 8.00. The van der Waals surface area contributed by atoms with Crippen molar-refractivity contribution in [1.82, 2.24) is 4.90 Å². The number of carbonyl (C=O) groups excluding carboxylic acids is 1. The van der Waals surface area contributed by atoms with E-state index >= 15 is 0 Å². The van der Waals surface area contributed by atoms with Crippen molar-refractivity contribution in [1.29, 1.82) is 0 Å². The minimum atomic E-state index is -0.572. The first kappa shape index (κ1) is 15.1. The first-order valence-electron chi connectivity index (χ1n) is 6.29. The molecule has 0 aromatic heterocycles. The van der Waals surface area contributed by atoms with Crippen molar-refractivity contribution in [2.75, 3.05) is 12.3 Å². The number of nitro benzene ring substituents is 1. The molecule has 1 amide bonds. The van der Waals surface area contributed by atoms with E-state index in [-0.39, 0.29) is 28.2 Å². The molecule has 2 unspecified atom stereocenters. The zero-order valence-electron chi connectivity index (χ0n) is 11.2. The highest BCUT2D eigenvalue weighted by atomic mass is 35.5. The van der Waals surface area contributed by atoms with E-state index in [0.717, 1.165) is 5.75 Å². The van der Waals surface area contributed by atoms with Gasteiger partial charge in [0.25, 0.3) is 11.6 Å². The van der Waals surface area contributed by atoms with E-state index in [1.807, 2.05) is 18.7 Å². The molecule has 0 spiro atoms. The molecule has 0 bridgehead atoms. The third-order valence-corrected chi connectivity index (χ3v) is 5.29. The molecule has 108 valence electrons. The van der Waals surface area contributed by atoms with E-state index < -0.39 is 4.92 Å². The van der Waals surface area contributed by atoms with Crippen LogP contribution in [0.2, 0.25) is 5.02 Å². The molecular weight excluding hydrogens is 300 g/mol. The van der Waals surface area contributed by atoms with E-state index in [0.29, 0.717) is 11.8 Å². The van der Waals surface area contributed by atoms with Gasteiger partial charge in [0.1, 0.15) is 5.02 Å². The summed E-state index contributed by atoms with van der Waals surface area (Å²) in [4.78, 5) is 24.6. The third kappa shape index (κ3) is 2.76. The Morgan fingerprint density at radius 3 is 2.85 bits per heavy atom. The summed E-state index contributed by atoms with van der Waals surface area (Å²) in [5.74, 6) is 0.627.